The van der Waals surface area contributed by atoms with Crippen molar-refractivity contribution in [3.8, 4) is 0 Å². The standard InChI is InChI=1S/C18H28NO2.ClH/c1-4-13-19(6-3,14-10-15-21-18(20)5-2)16-17-11-8-7-9-12-17;/h5,7-9,11-12H,2,4,6,10,13-16H2,1,3H3;1H/q+1;/p-1. The first-order valence-electron chi connectivity index (χ1n) is 7.84. The third-order valence-corrected chi connectivity index (χ3v) is 3.92. The lowest BCUT2D eigenvalue weighted by atomic mass is 10.1. The molecule has 0 aromatic heterocycles. The van der Waals surface area contributed by atoms with Gasteiger partial charge in [0.05, 0.1) is 26.2 Å². The van der Waals surface area contributed by atoms with Gasteiger partial charge in [-0.05, 0) is 13.3 Å². The van der Waals surface area contributed by atoms with E-state index in [0.29, 0.717) is 6.61 Å². The first kappa shape index (κ1) is 20.7. The molecule has 0 saturated carbocycles. The van der Waals surface area contributed by atoms with Crippen molar-refractivity contribution in [2.75, 3.05) is 26.2 Å². The van der Waals surface area contributed by atoms with Crippen LogP contribution in [0.4, 0.5) is 0 Å². The molecule has 0 heterocycles. The van der Waals surface area contributed by atoms with Crippen LogP contribution < -0.4 is 12.4 Å². The Morgan fingerprint density at radius 1 is 1.23 bits per heavy atom. The van der Waals surface area contributed by atoms with Gasteiger partial charge in [-0.1, -0.05) is 43.8 Å². The fraction of sp³-hybridized carbons (Fsp3) is 0.500. The van der Waals surface area contributed by atoms with Crippen LogP contribution in [0.3, 0.4) is 0 Å². The normalized spacial score (nSPS) is 12.8. The van der Waals surface area contributed by atoms with Gasteiger partial charge in [0.2, 0.25) is 0 Å². The zero-order chi connectivity index (χ0) is 15.6. The molecule has 1 aromatic rings. The summed E-state index contributed by atoms with van der Waals surface area (Å²) in [4.78, 5) is 11.1. The quantitative estimate of drug-likeness (QED) is 0.272. The molecule has 1 unspecified atom stereocenters. The molecular weight excluding hydrogens is 298 g/mol. The summed E-state index contributed by atoms with van der Waals surface area (Å²) in [6, 6.07) is 10.6. The molecule has 0 aliphatic heterocycles. The van der Waals surface area contributed by atoms with E-state index in [9.17, 15) is 4.79 Å². The number of esters is 1. The largest absolute Gasteiger partial charge is 1.00 e. The van der Waals surface area contributed by atoms with Crippen LogP contribution in [0.5, 0.6) is 0 Å². The predicted molar refractivity (Wildman–Crippen MR) is 86.7 cm³/mol. The van der Waals surface area contributed by atoms with Crippen LogP contribution >= 0.6 is 0 Å². The zero-order valence-corrected chi connectivity index (χ0v) is 14.5. The maximum absolute atomic E-state index is 11.1. The number of benzene rings is 1. The van der Waals surface area contributed by atoms with E-state index >= 15 is 0 Å². The number of carbonyl (C=O) groups excluding carboxylic acids is 1. The molecule has 0 aliphatic rings. The lowest BCUT2D eigenvalue weighted by Gasteiger charge is -2.38. The number of ether oxygens (including phenoxy) is 1. The average Bonchev–Trinajstić information content (AvgIpc) is 2.52. The topological polar surface area (TPSA) is 26.3 Å². The van der Waals surface area contributed by atoms with Crippen molar-refractivity contribution in [3.05, 3.63) is 48.6 Å². The summed E-state index contributed by atoms with van der Waals surface area (Å²) < 4.78 is 6.14. The lowest BCUT2D eigenvalue weighted by Crippen LogP contribution is -3.00. The molecule has 0 N–H and O–H groups in total. The van der Waals surface area contributed by atoms with Gasteiger partial charge in [-0.15, -0.1) is 0 Å². The molecule has 4 heteroatoms. The van der Waals surface area contributed by atoms with Gasteiger partial charge < -0.3 is 21.6 Å². The molecule has 3 nitrogen and oxygen atoms in total. The summed E-state index contributed by atoms with van der Waals surface area (Å²) in [6.07, 6.45) is 3.27. The van der Waals surface area contributed by atoms with E-state index in [1.165, 1.54) is 11.6 Å². The first-order chi connectivity index (χ1) is 10.2. The minimum atomic E-state index is -0.330. The van der Waals surface area contributed by atoms with Gasteiger partial charge >= 0.3 is 5.97 Å². The fourth-order valence-corrected chi connectivity index (χ4v) is 2.77. The number of carbonyl (C=O) groups is 1. The van der Waals surface area contributed by atoms with Crippen LogP contribution in [0, 0.1) is 0 Å². The fourth-order valence-electron chi connectivity index (χ4n) is 2.77. The molecule has 0 bridgehead atoms. The Hall–Kier alpha value is -1.32. The Morgan fingerprint density at radius 2 is 1.91 bits per heavy atom. The van der Waals surface area contributed by atoms with Crippen LogP contribution in [-0.4, -0.2) is 36.7 Å². The number of nitrogens with zero attached hydrogens (tertiary/aromatic N) is 1. The van der Waals surface area contributed by atoms with E-state index in [0.717, 1.165) is 43.5 Å². The Labute approximate surface area is 141 Å². The molecule has 1 aromatic carbocycles. The number of rotatable bonds is 10. The zero-order valence-electron chi connectivity index (χ0n) is 13.8. The smallest absolute Gasteiger partial charge is 0.330 e. The van der Waals surface area contributed by atoms with E-state index in [4.69, 9.17) is 4.74 Å². The van der Waals surface area contributed by atoms with Crippen molar-refractivity contribution in [1.29, 1.82) is 0 Å². The van der Waals surface area contributed by atoms with E-state index in [-0.39, 0.29) is 18.4 Å². The number of halogens is 1. The van der Waals surface area contributed by atoms with Gasteiger partial charge in [0.1, 0.15) is 6.54 Å². The molecular formula is C18H28ClNO2. The van der Waals surface area contributed by atoms with Crippen molar-refractivity contribution < 1.29 is 26.4 Å². The van der Waals surface area contributed by atoms with E-state index < -0.39 is 0 Å². The van der Waals surface area contributed by atoms with Crippen LogP contribution in [-0.2, 0) is 16.1 Å². The summed E-state index contributed by atoms with van der Waals surface area (Å²) in [7, 11) is 0. The van der Waals surface area contributed by atoms with Crippen LogP contribution in [0.2, 0.25) is 0 Å². The summed E-state index contributed by atoms with van der Waals surface area (Å²) >= 11 is 0. The molecule has 0 saturated heterocycles. The van der Waals surface area contributed by atoms with Crippen molar-refractivity contribution in [2.24, 2.45) is 0 Å². The molecule has 1 rings (SSSR count). The van der Waals surface area contributed by atoms with Crippen molar-refractivity contribution in [1.82, 2.24) is 0 Å². The van der Waals surface area contributed by atoms with Gasteiger partial charge in [-0.25, -0.2) is 4.79 Å². The molecule has 0 fully saturated rings. The van der Waals surface area contributed by atoms with Crippen molar-refractivity contribution in [3.63, 3.8) is 0 Å². The van der Waals surface area contributed by atoms with Crippen molar-refractivity contribution >= 4 is 5.97 Å². The molecule has 0 aliphatic carbocycles. The first-order valence-corrected chi connectivity index (χ1v) is 7.84. The monoisotopic (exact) mass is 325 g/mol. The van der Waals surface area contributed by atoms with Gasteiger partial charge in [0.25, 0.3) is 0 Å². The summed E-state index contributed by atoms with van der Waals surface area (Å²) in [5.41, 5.74) is 1.37. The minimum absolute atomic E-state index is 0. The molecule has 22 heavy (non-hydrogen) atoms. The lowest BCUT2D eigenvalue weighted by molar-refractivity contribution is -0.939. The van der Waals surface area contributed by atoms with Gasteiger partial charge in [0.15, 0.2) is 0 Å². The molecule has 1 atom stereocenters. The number of quaternary nitrogens is 1. The third kappa shape index (κ3) is 7.10. The van der Waals surface area contributed by atoms with Gasteiger partial charge in [-0.3, -0.25) is 0 Å². The van der Waals surface area contributed by atoms with Crippen LogP contribution in [0.25, 0.3) is 0 Å². The molecule has 0 spiro atoms. The molecule has 124 valence electrons. The SMILES string of the molecule is C=CC(=O)OCCC[N+](CC)(CCC)Cc1ccccc1.[Cl-]. The summed E-state index contributed by atoms with van der Waals surface area (Å²) in [6.45, 7) is 12.7. The molecule has 0 amide bonds. The second-order valence-electron chi connectivity index (χ2n) is 5.47. The second kappa shape index (κ2) is 11.3. The number of hydrogen-bond acceptors (Lipinski definition) is 2. The minimum Gasteiger partial charge on any atom is -1.00 e. The summed E-state index contributed by atoms with van der Waals surface area (Å²) in [5.74, 6) is -0.330. The molecule has 0 radical (unpaired) electrons. The Kier molecular flexibility index (Phi) is 10.6. The van der Waals surface area contributed by atoms with Gasteiger partial charge in [-0.2, -0.15) is 0 Å². The van der Waals surface area contributed by atoms with E-state index in [1.54, 1.807) is 0 Å². The Bertz CT molecular complexity index is 436. The second-order valence-corrected chi connectivity index (χ2v) is 5.47. The maximum Gasteiger partial charge on any atom is 0.330 e. The number of hydrogen-bond donors (Lipinski definition) is 0. The highest BCUT2D eigenvalue weighted by Gasteiger charge is 2.24. The van der Waals surface area contributed by atoms with E-state index in [2.05, 4.69) is 50.8 Å². The van der Waals surface area contributed by atoms with E-state index in [1.807, 2.05) is 0 Å². The van der Waals surface area contributed by atoms with Crippen LogP contribution in [0.1, 0.15) is 32.3 Å². The van der Waals surface area contributed by atoms with Gasteiger partial charge in [0, 0.05) is 18.1 Å². The maximum atomic E-state index is 11.1. The Morgan fingerprint density at radius 3 is 2.45 bits per heavy atom. The van der Waals surface area contributed by atoms with Crippen LogP contribution in [0.15, 0.2) is 43.0 Å². The highest BCUT2D eigenvalue weighted by atomic mass is 35.5. The Balaban J connectivity index is 0.00000441. The predicted octanol–water partition coefficient (Wildman–Crippen LogP) is 0.557. The van der Waals surface area contributed by atoms with Crippen molar-refractivity contribution in [2.45, 2.75) is 33.2 Å². The summed E-state index contributed by atoms with van der Waals surface area (Å²) in [5, 5.41) is 0. The average molecular weight is 326 g/mol. The third-order valence-electron chi connectivity index (χ3n) is 3.92. The highest BCUT2D eigenvalue weighted by molar-refractivity contribution is 5.81. The highest BCUT2D eigenvalue weighted by Crippen LogP contribution is 2.16.